The molecule has 16 heavy (non-hydrogen) atoms. The van der Waals surface area contributed by atoms with Crippen LogP contribution in [-0.4, -0.2) is 24.5 Å². The summed E-state index contributed by atoms with van der Waals surface area (Å²) < 4.78 is 0. The predicted octanol–water partition coefficient (Wildman–Crippen LogP) is 0.492. The van der Waals surface area contributed by atoms with Gasteiger partial charge in [-0.15, -0.1) is 0 Å². The number of carbonyl (C=O) groups is 1. The minimum atomic E-state index is -0.452. The Morgan fingerprint density at radius 3 is 2.75 bits per heavy atom. The zero-order valence-corrected chi connectivity index (χ0v) is 9.61. The average Bonchev–Trinajstić information content (AvgIpc) is 2.15. The predicted molar refractivity (Wildman–Crippen MR) is 60.9 cm³/mol. The van der Waals surface area contributed by atoms with E-state index in [9.17, 15) is 4.79 Å². The van der Waals surface area contributed by atoms with Crippen molar-refractivity contribution in [3.8, 4) is 6.07 Å². The van der Waals surface area contributed by atoms with Gasteiger partial charge in [0.1, 0.15) is 11.9 Å². The fraction of sp³-hybridized carbons (Fsp3) is 0.364. The molecule has 0 aliphatic carbocycles. The summed E-state index contributed by atoms with van der Waals surface area (Å²) in [6.45, 7) is 3.73. The molecule has 1 rings (SSSR count). The molecule has 0 aromatic carbocycles. The Morgan fingerprint density at radius 2 is 2.25 bits per heavy atom. The van der Waals surface area contributed by atoms with E-state index in [4.69, 9.17) is 11.0 Å². The highest BCUT2D eigenvalue weighted by atomic mass is 16.1. The van der Waals surface area contributed by atoms with Crippen LogP contribution in [0.3, 0.4) is 0 Å². The largest absolute Gasteiger partial charge is 0.368 e. The molecule has 0 aliphatic heterocycles. The Balaban J connectivity index is 3.21. The molecule has 0 fully saturated rings. The molecule has 0 unspecified atom stereocenters. The summed E-state index contributed by atoms with van der Waals surface area (Å²) in [4.78, 5) is 16.7. The summed E-state index contributed by atoms with van der Waals surface area (Å²) >= 11 is 0. The molecule has 1 heterocycles. The standard InChI is InChI=1S/C11H14N4O/c1-7-4-8(2)14-11(9(7)5-12)15(3)6-10(13)16/h4H,6H2,1-3H3,(H2,13,16). The second-order valence-corrected chi connectivity index (χ2v) is 3.71. The van der Waals surface area contributed by atoms with Crippen molar-refractivity contribution in [3.63, 3.8) is 0 Å². The van der Waals surface area contributed by atoms with Crippen LogP contribution >= 0.6 is 0 Å². The van der Waals surface area contributed by atoms with Gasteiger partial charge in [0.25, 0.3) is 0 Å². The van der Waals surface area contributed by atoms with Crippen molar-refractivity contribution in [2.75, 3.05) is 18.5 Å². The van der Waals surface area contributed by atoms with Crippen molar-refractivity contribution in [2.45, 2.75) is 13.8 Å². The number of likely N-dealkylation sites (N-methyl/N-ethyl adjacent to an activating group) is 1. The Hall–Kier alpha value is -2.09. The van der Waals surface area contributed by atoms with E-state index in [1.54, 1.807) is 11.9 Å². The Bertz CT molecular complexity index is 462. The number of aryl methyl sites for hydroxylation is 2. The lowest BCUT2D eigenvalue weighted by molar-refractivity contribution is -0.116. The van der Waals surface area contributed by atoms with Gasteiger partial charge in [0.15, 0.2) is 0 Å². The minimum Gasteiger partial charge on any atom is -0.368 e. The quantitative estimate of drug-likeness (QED) is 0.800. The van der Waals surface area contributed by atoms with Crippen LogP contribution in [0.4, 0.5) is 5.82 Å². The number of nitriles is 1. The maximum absolute atomic E-state index is 10.8. The van der Waals surface area contributed by atoms with Gasteiger partial charge in [-0.25, -0.2) is 4.98 Å². The molecule has 0 radical (unpaired) electrons. The number of nitrogens with two attached hydrogens (primary N) is 1. The summed E-state index contributed by atoms with van der Waals surface area (Å²) in [7, 11) is 1.69. The molecule has 0 saturated heterocycles. The van der Waals surface area contributed by atoms with E-state index in [0.717, 1.165) is 11.3 Å². The third kappa shape index (κ3) is 2.48. The van der Waals surface area contributed by atoms with Gasteiger partial charge >= 0.3 is 0 Å². The van der Waals surface area contributed by atoms with Crippen molar-refractivity contribution in [1.29, 1.82) is 5.26 Å². The van der Waals surface area contributed by atoms with Crippen LogP contribution < -0.4 is 10.6 Å². The highest BCUT2D eigenvalue weighted by Gasteiger charge is 2.13. The molecule has 0 aliphatic rings. The molecule has 0 bridgehead atoms. The molecular formula is C11H14N4O. The van der Waals surface area contributed by atoms with Gasteiger partial charge in [0, 0.05) is 12.7 Å². The topological polar surface area (TPSA) is 83.0 Å². The summed E-state index contributed by atoms with van der Waals surface area (Å²) in [5, 5.41) is 9.04. The third-order valence-corrected chi connectivity index (χ3v) is 2.19. The Morgan fingerprint density at radius 1 is 1.62 bits per heavy atom. The number of hydrogen-bond acceptors (Lipinski definition) is 4. The first-order valence-electron chi connectivity index (χ1n) is 4.83. The minimum absolute atomic E-state index is 0.0462. The Kier molecular flexibility index (Phi) is 3.46. The number of amides is 1. The van der Waals surface area contributed by atoms with Crippen LogP contribution in [0, 0.1) is 25.2 Å². The molecular weight excluding hydrogens is 204 g/mol. The molecule has 84 valence electrons. The van der Waals surface area contributed by atoms with E-state index >= 15 is 0 Å². The van der Waals surface area contributed by atoms with Crippen molar-refractivity contribution < 1.29 is 4.79 Å². The number of rotatable bonds is 3. The number of nitrogens with zero attached hydrogens (tertiary/aromatic N) is 3. The van der Waals surface area contributed by atoms with E-state index in [1.165, 1.54) is 0 Å². The molecule has 1 aromatic rings. The number of anilines is 1. The molecule has 2 N–H and O–H groups in total. The van der Waals surface area contributed by atoms with Crippen molar-refractivity contribution in [2.24, 2.45) is 5.73 Å². The highest BCUT2D eigenvalue weighted by Crippen LogP contribution is 2.20. The van der Waals surface area contributed by atoms with Crippen LogP contribution in [0.15, 0.2) is 6.07 Å². The zero-order chi connectivity index (χ0) is 12.3. The summed E-state index contributed by atoms with van der Waals surface area (Å²) in [5.41, 5.74) is 7.24. The van der Waals surface area contributed by atoms with Crippen LogP contribution in [-0.2, 0) is 4.79 Å². The van der Waals surface area contributed by atoms with Crippen LogP contribution in [0.5, 0.6) is 0 Å². The van der Waals surface area contributed by atoms with Gasteiger partial charge in [-0.2, -0.15) is 5.26 Å². The van der Waals surface area contributed by atoms with Crippen molar-refractivity contribution in [1.82, 2.24) is 4.98 Å². The number of hydrogen-bond donors (Lipinski definition) is 1. The SMILES string of the molecule is Cc1cc(C)c(C#N)c(N(C)CC(N)=O)n1. The average molecular weight is 218 g/mol. The van der Waals surface area contributed by atoms with Gasteiger partial charge in [0.05, 0.1) is 12.1 Å². The normalized spacial score (nSPS) is 9.62. The molecule has 0 atom stereocenters. The van der Waals surface area contributed by atoms with Crippen LogP contribution in [0.2, 0.25) is 0 Å². The summed E-state index contributed by atoms with van der Waals surface area (Å²) in [6, 6.07) is 3.92. The second kappa shape index (κ2) is 4.62. The molecule has 1 amide bonds. The van der Waals surface area contributed by atoms with E-state index in [2.05, 4.69) is 11.1 Å². The molecule has 0 spiro atoms. The number of carbonyl (C=O) groups excluding carboxylic acids is 1. The Labute approximate surface area is 94.5 Å². The molecule has 0 saturated carbocycles. The first kappa shape index (κ1) is 12.0. The van der Waals surface area contributed by atoms with Crippen LogP contribution in [0.25, 0.3) is 0 Å². The summed E-state index contributed by atoms with van der Waals surface area (Å²) in [6.07, 6.45) is 0. The smallest absolute Gasteiger partial charge is 0.236 e. The molecule has 5 nitrogen and oxygen atoms in total. The van der Waals surface area contributed by atoms with Gasteiger partial charge in [-0.1, -0.05) is 0 Å². The number of aromatic nitrogens is 1. The van der Waals surface area contributed by atoms with E-state index in [-0.39, 0.29) is 6.54 Å². The summed E-state index contributed by atoms with van der Waals surface area (Å²) in [5.74, 6) is 0.0474. The van der Waals surface area contributed by atoms with E-state index in [1.807, 2.05) is 19.9 Å². The first-order chi connectivity index (χ1) is 7.45. The third-order valence-electron chi connectivity index (χ3n) is 2.19. The second-order valence-electron chi connectivity index (χ2n) is 3.71. The maximum atomic E-state index is 10.8. The van der Waals surface area contributed by atoms with Crippen molar-refractivity contribution in [3.05, 3.63) is 22.9 Å². The lowest BCUT2D eigenvalue weighted by Gasteiger charge is -2.18. The number of pyridine rings is 1. The fourth-order valence-corrected chi connectivity index (χ4v) is 1.54. The van der Waals surface area contributed by atoms with Gasteiger partial charge in [-0.05, 0) is 25.5 Å². The van der Waals surface area contributed by atoms with Gasteiger partial charge in [0.2, 0.25) is 5.91 Å². The lowest BCUT2D eigenvalue weighted by atomic mass is 10.1. The fourth-order valence-electron chi connectivity index (χ4n) is 1.54. The molecule has 1 aromatic heterocycles. The lowest BCUT2D eigenvalue weighted by Crippen LogP contribution is -2.31. The van der Waals surface area contributed by atoms with Gasteiger partial charge in [-0.3, -0.25) is 4.79 Å². The molecule has 5 heteroatoms. The van der Waals surface area contributed by atoms with E-state index in [0.29, 0.717) is 11.4 Å². The van der Waals surface area contributed by atoms with Gasteiger partial charge < -0.3 is 10.6 Å². The van der Waals surface area contributed by atoms with E-state index < -0.39 is 5.91 Å². The number of primary amides is 1. The van der Waals surface area contributed by atoms with Crippen LogP contribution in [0.1, 0.15) is 16.8 Å². The zero-order valence-electron chi connectivity index (χ0n) is 9.61. The first-order valence-corrected chi connectivity index (χ1v) is 4.83. The monoisotopic (exact) mass is 218 g/mol. The highest BCUT2D eigenvalue weighted by molar-refractivity contribution is 5.79. The maximum Gasteiger partial charge on any atom is 0.236 e. The van der Waals surface area contributed by atoms with Crippen molar-refractivity contribution >= 4 is 11.7 Å².